The molecule has 13 heavy (non-hydrogen) atoms. The van der Waals surface area contributed by atoms with E-state index in [9.17, 15) is 0 Å². The summed E-state index contributed by atoms with van der Waals surface area (Å²) in [7, 11) is 0. The highest BCUT2D eigenvalue weighted by molar-refractivity contribution is 5.69. The van der Waals surface area contributed by atoms with Crippen molar-refractivity contribution in [1.29, 1.82) is 0 Å². The van der Waals surface area contributed by atoms with Crippen molar-refractivity contribution in [2.75, 3.05) is 0 Å². The molecule has 0 fully saturated rings. The second-order valence-electron chi connectivity index (χ2n) is 3.56. The Hall–Kier alpha value is -1.50. The number of rotatable bonds is 0. The third kappa shape index (κ3) is 0.765. The molecule has 1 nitrogen and oxygen atoms in total. The van der Waals surface area contributed by atoms with Gasteiger partial charge in [-0.2, -0.15) is 0 Å². The average Bonchev–Trinajstić information content (AvgIpc) is 2.72. The van der Waals surface area contributed by atoms with Gasteiger partial charge in [0.05, 0.1) is 6.04 Å². The van der Waals surface area contributed by atoms with Crippen molar-refractivity contribution < 1.29 is 0 Å². The van der Waals surface area contributed by atoms with Crippen molar-refractivity contribution in [3.05, 3.63) is 48.2 Å². The molecule has 2 heterocycles. The van der Waals surface area contributed by atoms with Gasteiger partial charge in [0.25, 0.3) is 0 Å². The van der Waals surface area contributed by atoms with Crippen LogP contribution < -0.4 is 0 Å². The second kappa shape index (κ2) is 2.25. The molecule has 1 aliphatic heterocycles. The number of nitrogens with zero attached hydrogens (tertiary/aromatic N) is 1. The molecule has 0 aliphatic carbocycles. The van der Waals surface area contributed by atoms with Crippen molar-refractivity contribution in [1.82, 2.24) is 4.57 Å². The van der Waals surface area contributed by atoms with Gasteiger partial charge in [-0.25, -0.2) is 0 Å². The molecule has 0 bridgehead atoms. The number of aromatic nitrogens is 1. The van der Waals surface area contributed by atoms with Crippen LogP contribution in [0.3, 0.4) is 0 Å². The first-order valence-electron chi connectivity index (χ1n) is 4.64. The molecule has 2 aromatic rings. The lowest BCUT2D eigenvalue weighted by Gasteiger charge is -2.06. The topological polar surface area (TPSA) is 4.93 Å². The minimum atomic E-state index is 0.501. The zero-order valence-electron chi connectivity index (χ0n) is 7.57. The summed E-state index contributed by atoms with van der Waals surface area (Å²) in [6, 6.07) is 13.4. The van der Waals surface area contributed by atoms with Crippen LogP contribution in [0.5, 0.6) is 0 Å². The van der Waals surface area contributed by atoms with Crippen molar-refractivity contribution in [3.63, 3.8) is 0 Å². The Balaban J connectivity index is 2.37. The Morgan fingerprint density at radius 1 is 1.08 bits per heavy atom. The minimum Gasteiger partial charge on any atom is -0.340 e. The second-order valence-corrected chi connectivity index (χ2v) is 3.56. The number of fused-ring (bicyclic) bond motifs is 3. The summed E-state index contributed by atoms with van der Waals surface area (Å²) < 4.78 is 2.32. The Labute approximate surface area is 77.6 Å². The fourth-order valence-electron chi connectivity index (χ4n) is 2.20. The summed E-state index contributed by atoms with van der Waals surface area (Å²) >= 11 is 0. The van der Waals surface area contributed by atoms with E-state index >= 15 is 0 Å². The van der Waals surface area contributed by atoms with Gasteiger partial charge in [0, 0.05) is 17.5 Å². The van der Waals surface area contributed by atoms with Crippen LogP contribution in [-0.2, 0) is 0 Å². The predicted molar refractivity (Wildman–Crippen MR) is 53.7 cm³/mol. The molecule has 64 valence electrons. The standard InChI is InChI=1S/C12H11N/c1-9-10-5-2-3-6-11(10)12-7-4-8-13(9)12/h2-9H,1H3. The molecule has 0 saturated heterocycles. The van der Waals surface area contributed by atoms with Crippen molar-refractivity contribution in [2.24, 2.45) is 0 Å². The molecule has 1 aromatic carbocycles. The van der Waals surface area contributed by atoms with Crippen LogP contribution in [0, 0.1) is 0 Å². The summed E-state index contributed by atoms with van der Waals surface area (Å²) in [5.41, 5.74) is 4.18. The molecule has 3 rings (SSSR count). The van der Waals surface area contributed by atoms with Crippen molar-refractivity contribution in [3.8, 4) is 11.3 Å². The van der Waals surface area contributed by atoms with E-state index in [-0.39, 0.29) is 0 Å². The lowest BCUT2D eigenvalue weighted by Crippen LogP contribution is -1.97. The van der Waals surface area contributed by atoms with Crippen LogP contribution in [0.1, 0.15) is 18.5 Å². The van der Waals surface area contributed by atoms with Crippen LogP contribution >= 0.6 is 0 Å². The first-order chi connectivity index (χ1) is 6.38. The molecule has 1 heteroatoms. The van der Waals surface area contributed by atoms with Gasteiger partial charge >= 0.3 is 0 Å². The zero-order valence-corrected chi connectivity index (χ0v) is 7.57. The largest absolute Gasteiger partial charge is 0.340 e. The fourth-order valence-corrected chi connectivity index (χ4v) is 2.20. The first kappa shape index (κ1) is 6.96. The highest BCUT2D eigenvalue weighted by Crippen LogP contribution is 2.38. The van der Waals surface area contributed by atoms with Gasteiger partial charge in [0.2, 0.25) is 0 Å². The van der Waals surface area contributed by atoms with E-state index in [4.69, 9.17) is 0 Å². The molecule has 1 aromatic heterocycles. The Bertz CT molecular complexity index is 454. The van der Waals surface area contributed by atoms with Crippen LogP contribution in [0.25, 0.3) is 11.3 Å². The van der Waals surface area contributed by atoms with Crippen molar-refractivity contribution >= 4 is 0 Å². The molecule has 0 saturated carbocycles. The van der Waals surface area contributed by atoms with E-state index in [1.807, 2.05) is 0 Å². The van der Waals surface area contributed by atoms with Gasteiger partial charge < -0.3 is 4.57 Å². The average molecular weight is 169 g/mol. The van der Waals surface area contributed by atoms with E-state index < -0.39 is 0 Å². The van der Waals surface area contributed by atoms with Gasteiger partial charge in [0.1, 0.15) is 0 Å². The van der Waals surface area contributed by atoms with Crippen molar-refractivity contribution in [2.45, 2.75) is 13.0 Å². The molecular formula is C12H11N. The maximum atomic E-state index is 2.32. The van der Waals surface area contributed by atoms with Crippen LogP contribution in [0.4, 0.5) is 0 Å². The maximum absolute atomic E-state index is 2.32. The molecule has 0 N–H and O–H groups in total. The zero-order chi connectivity index (χ0) is 8.84. The predicted octanol–water partition coefficient (Wildman–Crippen LogP) is 3.08. The smallest absolute Gasteiger partial charge is 0.0564 e. The van der Waals surface area contributed by atoms with Gasteiger partial charge in [-0.15, -0.1) is 0 Å². The van der Waals surface area contributed by atoms with E-state index in [0.29, 0.717) is 6.04 Å². The van der Waals surface area contributed by atoms with E-state index in [0.717, 1.165) is 0 Å². The van der Waals surface area contributed by atoms with Crippen LogP contribution in [-0.4, -0.2) is 4.57 Å². The third-order valence-corrected chi connectivity index (χ3v) is 2.88. The normalized spacial score (nSPS) is 18.4. The molecule has 0 spiro atoms. The van der Waals surface area contributed by atoms with E-state index in [1.165, 1.54) is 16.8 Å². The molecule has 1 aliphatic rings. The molecular weight excluding hydrogens is 158 g/mol. The summed E-state index contributed by atoms with van der Waals surface area (Å²) in [5.74, 6) is 0. The highest BCUT2D eigenvalue weighted by atomic mass is 15.0. The lowest BCUT2D eigenvalue weighted by molar-refractivity contribution is 0.678. The van der Waals surface area contributed by atoms with Gasteiger partial charge in [-0.05, 0) is 24.6 Å². The van der Waals surface area contributed by atoms with Gasteiger partial charge in [0.15, 0.2) is 0 Å². The highest BCUT2D eigenvalue weighted by Gasteiger charge is 2.22. The lowest BCUT2D eigenvalue weighted by atomic mass is 10.0. The molecule has 0 radical (unpaired) electrons. The fraction of sp³-hybridized carbons (Fsp3) is 0.167. The Morgan fingerprint density at radius 3 is 2.85 bits per heavy atom. The molecule has 1 unspecified atom stereocenters. The Morgan fingerprint density at radius 2 is 1.92 bits per heavy atom. The van der Waals surface area contributed by atoms with Crippen LogP contribution in [0.2, 0.25) is 0 Å². The quantitative estimate of drug-likeness (QED) is 0.571. The van der Waals surface area contributed by atoms with E-state index in [1.54, 1.807) is 0 Å². The minimum absolute atomic E-state index is 0.501. The van der Waals surface area contributed by atoms with E-state index in [2.05, 4.69) is 54.1 Å². The third-order valence-electron chi connectivity index (χ3n) is 2.88. The number of benzene rings is 1. The summed E-state index contributed by atoms with van der Waals surface area (Å²) in [6.07, 6.45) is 2.15. The summed E-state index contributed by atoms with van der Waals surface area (Å²) in [4.78, 5) is 0. The number of hydrogen-bond donors (Lipinski definition) is 0. The van der Waals surface area contributed by atoms with Crippen LogP contribution in [0.15, 0.2) is 42.6 Å². The summed E-state index contributed by atoms with van der Waals surface area (Å²) in [6.45, 7) is 2.25. The van der Waals surface area contributed by atoms with Gasteiger partial charge in [-0.1, -0.05) is 24.3 Å². The SMILES string of the molecule is CC1c2ccccc2-c2cccn21. The molecule has 0 amide bonds. The Kier molecular flexibility index (Phi) is 1.21. The summed E-state index contributed by atoms with van der Waals surface area (Å²) in [5, 5.41) is 0. The van der Waals surface area contributed by atoms with Gasteiger partial charge in [-0.3, -0.25) is 0 Å². The molecule has 1 atom stereocenters. The maximum Gasteiger partial charge on any atom is 0.0564 e. The number of hydrogen-bond acceptors (Lipinski definition) is 0. The first-order valence-corrected chi connectivity index (χ1v) is 4.64. The monoisotopic (exact) mass is 169 g/mol.